The van der Waals surface area contributed by atoms with Crippen molar-refractivity contribution in [3.63, 3.8) is 0 Å². The summed E-state index contributed by atoms with van der Waals surface area (Å²) >= 11 is 0. The van der Waals surface area contributed by atoms with Gasteiger partial charge in [0.2, 0.25) is 0 Å². The molecular formula is C14H18F3N. The lowest BCUT2D eigenvalue weighted by Gasteiger charge is -2.25. The van der Waals surface area contributed by atoms with E-state index in [0.717, 1.165) is 31.0 Å². The van der Waals surface area contributed by atoms with Gasteiger partial charge in [0.1, 0.15) is 0 Å². The van der Waals surface area contributed by atoms with Gasteiger partial charge >= 0.3 is 6.18 Å². The maximum Gasteiger partial charge on any atom is 0.416 e. The van der Waals surface area contributed by atoms with E-state index in [-0.39, 0.29) is 11.5 Å². The van der Waals surface area contributed by atoms with Crippen molar-refractivity contribution >= 4 is 0 Å². The van der Waals surface area contributed by atoms with Gasteiger partial charge in [-0.15, -0.1) is 0 Å². The first-order valence-corrected chi connectivity index (χ1v) is 6.27. The Morgan fingerprint density at radius 3 is 2.50 bits per heavy atom. The minimum Gasteiger partial charge on any atom is -0.310 e. The highest BCUT2D eigenvalue weighted by Gasteiger charge is 2.45. The molecule has 0 spiro atoms. The van der Waals surface area contributed by atoms with Crippen LogP contribution in [0.5, 0.6) is 0 Å². The molecule has 0 aromatic heterocycles. The van der Waals surface area contributed by atoms with Gasteiger partial charge in [-0.3, -0.25) is 0 Å². The smallest absolute Gasteiger partial charge is 0.310 e. The maximum atomic E-state index is 12.7. The van der Waals surface area contributed by atoms with Crippen LogP contribution >= 0.6 is 0 Å². The fraction of sp³-hybridized carbons (Fsp3) is 0.571. The highest BCUT2D eigenvalue weighted by Crippen LogP contribution is 2.54. The van der Waals surface area contributed by atoms with Crippen molar-refractivity contribution in [1.29, 1.82) is 0 Å². The molecule has 1 N–H and O–H groups in total. The number of halogens is 3. The van der Waals surface area contributed by atoms with Crippen molar-refractivity contribution in [2.45, 2.75) is 38.9 Å². The van der Waals surface area contributed by atoms with Crippen LogP contribution in [-0.2, 0) is 6.18 Å². The molecule has 1 unspecified atom stereocenters. The average Bonchev–Trinajstić information content (AvgIpc) is 3.04. The fourth-order valence-electron chi connectivity index (χ4n) is 2.35. The van der Waals surface area contributed by atoms with Crippen LogP contribution in [0.2, 0.25) is 0 Å². The van der Waals surface area contributed by atoms with Crippen LogP contribution in [0.15, 0.2) is 24.3 Å². The summed E-state index contributed by atoms with van der Waals surface area (Å²) in [5.74, 6) is 0. The van der Waals surface area contributed by atoms with Gasteiger partial charge in [-0.2, -0.15) is 13.2 Å². The van der Waals surface area contributed by atoms with Crippen molar-refractivity contribution in [3.8, 4) is 0 Å². The highest BCUT2D eigenvalue weighted by atomic mass is 19.4. The molecule has 4 heteroatoms. The quantitative estimate of drug-likeness (QED) is 0.854. The summed E-state index contributed by atoms with van der Waals surface area (Å²) in [6, 6.07) is 5.70. The number of hydrogen-bond acceptors (Lipinski definition) is 1. The van der Waals surface area contributed by atoms with Crippen molar-refractivity contribution in [2.24, 2.45) is 5.41 Å². The van der Waals surface area contributed by atoms with Gasteiger partial charge in [0.05, 0.1) is 5.56 Å². The zero-order valence-corrected chi connectivity index (χ0v) is 10.6. The van der Waals surface area contributed by atoms with Gasteiger partial charge < -0.3 is 5.32 Å². The van der Waals surface area contributed by atoms with Gasteiger partial charge in [-0.1, -0.05) is 26.0 Å². The molecule has 0 saturated heterocycles. The van der Waals surface area contributed by atoms with Gasteiger partial charge in [-0.25, -0.2) is 0 Å². The molecule has 1 aromatic carbocycles. The summed E-state index contributed by atoms with van der Waals surface area (Å²) in [6.45, 7) is 4.86. The first kappa shape index (κ1) is 13.4. The van der Waals surface area contributed by atoms with E-state index < -0.39 is 11.7 Å². The van der Waals surface area contributed by atoms with Crippen molar-refractivity contribution in [1.82, 2.24) is 5.32 Å². The Labute approximate surface area is 105 Å². The molecule has 2 rings (SSSR count). The second kappa shape index (κ2) is 4.57. The first-order chi connectivity index (χ1) is 8.37. The van der Waals surface area contributed by atoms with E-state index in [2.05, 4.69) is 12.2 Å². The second-order valence-corrected chi connectivity index (χ2v) is 5.27. The van der Waals surface area contributed by atoms with E-state index in [9.17, 15) is 13.2 Å². The van der Waals surface area contributed by atoms with E-state index in [1.165, 1.54) is 12.1 Å². The molecule has 1 fully saturated rings. The van der Waals surface area contributed by atoms with Gasteiger partial charge in [0.25, 0.3) is 0 Å². The number of nitrogens with one attached hydrogen (secondary N) is 1. The Balaban J connectivity index is 2.31. The second-order valence-electron chi connectivity index (χ2n) is 5.27. The van der Waals surface area contributed by atoms with Crippen LogP contribution in [0, 0.1) is 5.41 Å². The number of hydrogen-bond donors (Lipinski definition) is 1. The molecule has 18 heavy (non-hydrogen) atoms. The number of alkyl halides is 3. The fourth-order valence-corrected chi connectivity index (χ4v) is 2.35. The molecule has 1 saturated carbocycles. The molecule has 0 radical (unpaired) electrons. The predicted molar refractivity (Wildman–Crippen MR) is 65.2 cm³/mol. The molecule has 1 aromatic rings. The van der Waals surface area contributed by atoms with E-state index in [1.807, 2.05) is 6.92 Å². The summed E-state index contributed by atoms with van der Waals surface area (Å²) < 4.78 is 38.1. The Kier molecular flexibility index (Phi) is 3.41. The summed E-state index contributed by atoms with van der Waals surface area (Å²) in [5, 5.41) is 3.31. The van der Waals surface area contributed by atoms with Gasteiger partial charge in [0, 0.05) is 6.04 Å². The third kappa shape index (κ3) is 2.69. The van der Waals surface area contributed by atoms with Crippen LogP contribution in [0.25, 0.3) is 0 Å². The highest BCUT2D eigenvalue weighted by molar-refractivity contribution is 5.30. The van der Waals surface area contributed by atoms with Crippen molar-refractivity contribution in [2.75, 3.05) is 6.54 Å². The topological polar surface area (TPSA) is 12.0 Å². The average molecular weight is 257 g/mol. The van der Waals surface area contributed by atoms with E-state index in [0.29, 0.717) is 0 Å². The Morgan fingerprint density at radius 1 is 1.33 bits per heavy atom. The van der Waals surface area contributed by atoms with Crippen LogP contribution in [0.4, 0.5) is 13.2 Å². The predicted octanol–water partition coefficient (Wildman–Crippen LogP) is 4.16. The van der Waals surface area contributed by atoms with Crippen LogP contribution < -0.4 is 5.32 Å². The molecule has 0 heterocycles. The molecule has 1 aliphatic rings. The molecule has 0 amide bonds. The summed E-state index contributed by atoms with van der Waals surface area (Å²) in [4.78, 5) is 0. The first-order valence-electron chi connectivity index (χ1n) is 6.27. The zero-order chi connectivity index (χ0) is 13.4. The third-order valence-electron chi connectivity index (χ3n) is 3.69. The van der Waals surface area contributed by atoms with Gasteiger partial charge in [-0.05, 0) is 42.5 Å². The molecule has 1 atom stereocenters. The molecule has 0 bridgehead atoms. The summed E-state index contributed by atoms with van der Waals surface area (Å²) in [5.41, 5.74) is 0.291. The monoisotopic (exact) mass is 257 g/mol. The molecule has 1 nitrogen and oxygen atoms in total. The van der Waals surface area contributed by atoms with Crippen LogP contribution in [0.3, 0.4) is 0 Å². The molecular weight excluding hydrogens is 239 g/mol. The summed E-state index contributed by atoms with van der Waals surface area (Å²) in [6.07, 6.45) is -2.13. The van der Waals surface area contributed by atoms with Crippen molar-refractivity contribution < 1.29 is 13.2 Å². The van der Waals surface area contributed by atoms with Crippen LogP contribution in [0.1, 0.15) is 43.9 Å². The normalized spacial score (nSPS) is 19.6. The van der Waals surface area contributed by atoms with E-state index in [4.69, 9.17) is 0 Å². The molecule has 1 aliphatic carbocycles. The largest absolute Gasteiger partial charge is 0.416 e. The Bertz CT molecular complexity index is 421. The Morgan fingerprint density at radius 2 is 2.00 bits per heavy atom. The third-order valence-corrected chi connectivity index (χ3v) is 3.69. The minimum atomic E-state index is -4.27. The summed E-state index contributed by atoms with van der Waals surface area (Å²) in [7, 11) is 0. The standard InChI is InChI=1S/C14H18F3N/c1-3-18-12(13(2)7-8-13)10-5-4-6-11(9-10)14(15,16)17/h4-6,9,12,18H,3,7-8H2,1-2H3. The number of benzene rings is 1. The number of rotatable bonds is 4. The van der Waals surface area contributed by atoms with Crippen LogP contribution in [-0.4, -0.2) is 6.54 Å². The zero-order valence-electron chi connectivity index (χ0n) is 10.6. The Hall–Kier alpha value is -1.03. The molecule has 0 aliphatic heterocycles. The SMILES string of the molecule is CCNC(c1cccc(C(F)(F)F)c1)C1(C)CC1. The van der Waals surface area contributed by atoms with Crippen molar-refractivity contribution in [3.05, 3.63) is 35.4 Å². The van der Waals surface area contributed by atoms with Gasteiger partial charge in [0.15, 0.2) is 0 Å². The lowest BCUT2D eigenvalue weighted by atomic mass is 9.90. The minimum absolute atomic E-state index is 0.0183. The molecule has 100 valence electrons. The van der Waals surface area contributed by atoms with E-state index in [1.54, 1.807) is 6.07 Å². The van der Waals surface area contributed by atoms with E-state index >= 15 is 0 Å². The maximum absolute atomic E-state index is 12.7. The lowest BCUT2D eigenvalue weighted by Crippen LogP contribution is -2.28. The lowest BCUT2D eigenvalue weighted by molar-refractivity contribution is -0.137.